The molecule has 1 heterocycles. The smallest absolute Gasteiger partial charge is 0.350 e. The third-order valence-corrected chi connectivity index (χ3v) is 5.13. The third-order valence-electron chi connectivity index (χ3n) is 2.57. The minimum Gasteiger partial charge on any atom is -0.393 e. The van der Waals surface area contributed by atoms with Crippen molar-refractivity contribution in [2.45, 2.75) is 57.0 Å². The van der Waals surface area contributed by atoms with Gasteiger partial charge in [-0.15, -0.1) is 0 Å². The molecular formula is C9H18O2P+. The Kier molecular flexibility index (Phi) is 2.35. The standard InChI is InChI=1S/C9H18O2P/c1-8(2)5-7(10)6-9(3,4)12(8)11/h7,10H,5-6H2,1-4H3/q+1. The van der Waals surface area contributed by atoms with E-state index in [4.69, 9.17) is 0 Å². The van der Waals surface area contributed by atoms with Crippen molar-refractivity contribution in [1.29, 1.82) is 0 Å². The molecule has 1 fully saturated rings. The molecule has 0 radical (unpaired) electrons. The molecule has 0 amide bonds. The molecule has 70 valence electrons. The Bertz CT molecular complexity index is 189. The molecular weight excluding hydrogens is 171 g/mol. The number of rotatable bonds is 0. The van der Waals surface area contributed by atoms with Crippen LogP contribution >= 0.6 is 7.80 Å². The highest BCUT2D eigenvalue weighted by Crippen LogP contribution is 2.57. The molecule has 0 saturated carbocycles. The number of hydrogen-bond donors (Lipinski definition) is 1. The van der Waals surface area contributed by atoms with Gasteiger partial charge in [-0.2, -0.15) is 0 Å². The van der Waals surface area contributed by atoms with Crippen LogP contribution in [0.3, 0.4) is 0 Å². The van der Waals surface area contributed by atoms with Crippen molar-refractivity contribution in [3.05, 3.63) is 0 Å². The van der Waals surface area contributed by atoms with Crippen molar-refractivity contribution in [1.82, 2.24) is 0 Å². The fourth-order valence-corrected chi connectivity index (χ4v) is 4.60. The van der Waals surface area contributed by atoms with Crippen molar-refractivity contribution < 1.29 is 9.67 Å². The van der Waals surface area contributed by atoms with E-state index in [0.29, 0.717) is 12.8 Å². The van der Waals surface area contributed by atoms with Crippen LogP contribution in [0.2, 0.25) is 0 Å². The Morgan fingerprint density at radius 3 is 1.83 bits per heavy atom. The minimum atomic E-state index is -1.21. The van der Waals surface area contributed by atoms with E-state index in [1.165, 1.54) is 0 Å². The molecule has 1 saturated heterocycles. The molecule has 0 aromatic rings. The van der Waals surface area contributed by atoms with Gasteiger partial charge in [0.1, 0.15) is 0 Å². The fourth-order valence-electron chi connectivity index (χ4n) is 2.21. The molecule has 0 spiro atoms. The first-order valence-electron chi connectivity index (χ1n) is 4.41. The van der Waals surface area contributed by atoms with Crippen molar-refractivity contribution in [2.24, 2.45) is 0 Å². The van der Waals surface area contributed by atoms with Crippen molar-refractivity contribution >= 4 is 7.80 Å². The summed E-state index contributed by atoms with van der Waals surface area (Å²) in [4.78, 5) is 0. The first-order chi connectivity index (χ1) is 5.26. The Hall–Kier alpha value is 0.0600. The van der Waals surface area contributed by atoms with Gasteiger partial charge in [0.25, 0.3) is 0 Å². The van der Waals surface area contributed by atoms with E-state index >= 15 is 0 Å². The molecule has 2 nitrogen and oxygen atoms in total. The summed E-state index contributed by atoms with van der Waals surface area (Å²) in [6.45, 7) is 7.93. The largest absolute Gasteiger partial charge is 0.393 e. The monoisotopic (exact) mass is 189 g/mol. The van der Waals surface area contributed by atoms with E-state index in [-0.39, 0.29) is 16.4 Å². The van der Waals surface area contributed by atoms with Gasteiger partial charge in [-0.05, 0) is 27.7 Å². The van der Waals surface area contributed by atoms with E-state index in [0.717, 1.165) is 0 Å². The van der Waals surface area contributed by atoms with Crippen LogP contribution < -0.4 is 0 Å². The quantitative estimate of drug-likeness (QED) is 0.594. The van der Waals surface area contributed by atoms with E-state index in [9.17, 15) is 9.67 Å². The van der Waals surface area contributed by atoms with Gasteiger partial charge >= 0.3 is 7.80 Å². The molecule has 1 rings (SSSR count). The summed E-state index contributed by atoms with van der Waals surface area (Å²) in [6.07, 6.45) is 1.07. The van der Waals surface area contributed by atoms with Gasteiger partial charge in [-0.25, -0.2) is 0 Å². The molecule has 0 aromatic carbocycles. The predicted octanol–water partition coefficient (Wildman–Crippen LogP) is 2.53. The Labute approximate surface area is 75.2 Å². The lowest BCUT2D eigenvalue weighted by Crippen LogP contribution is -2.39. The van der Waals surface area contributed by atoms with Gasteiger partial charge in [-0.3, -0.25) is 0 Å². The summed E-state index contributed by atoms with van der Waals surface area (Å²) < 4.78 is 12.0. The Morgan fingerprint density at radius 1 is 1.17 bits per heavy atom. The molecule has 1 aliphatic heterocycles. The fraction of sp³-hybridized carbons (Fsp3) is 1.00. The maximum absolute atomic E-state index is 12.0. The molecule has 0 aromatic heterocycles. The molecule has 0 bridgehead atoms. The highest BCUT2D eigenvalue weighted by Gasteiger charge is 2.56. The van der Waals surface area contributed by atoms with Crippen LogP contribution in [0.4, 0.5) is 0 Å². The van der Waals surface area contributed by atoms with Gasteiger partial charge in [0, 0.05) is 12.8 Å². The van der Waals surface area contributed by atoms with Crippen LogP contribution in [0.1, 0.15) is 40.5 Å². The van der Waals surface area contributed by atoms with Crippen molar-refractivity contribution in [3.63, 3.8) is 0 Å². The average molecular weight is 189 g/mol. The lowest BCUT2D eigenvalue weighted by atomic mass is 9.95. The normalized spacial score (nSPS) is 36.4. The van der Waals surface area contributed by atoms with Crippen LogP contribution in [0, 0.1) is 0 Å². The Morgan fingerprint density at radius 2 is 1.50 bits per heavy atom. The number of hydrogen-bond acceptors (Lipinski definition) is 2. The van der Waals surface area contributed by atoms with Gasteiger partial charge in [0.05, 0.1) is 6.10 Å². The molecule has 0 unspecified atom stereocenters. The molecule has 0 aliphatic carbocycles. The van der Waals surface area contributed by atoms with Crippen LogP contribution in [-0.2, 0) is 4.57 Å². The third kappa shape index (κ3) is 1.70. The summed E-state index contributed by atoms with van der Waals surface area (Å²) >= 11 is 0. The van der Waals surface area contributed by atoms with E-state index in [1.54, 1.807) is 0 Å². The van der Waals surface area contributed by atoms with E-state index in [2.05, 4.69) is 0 Å². The molecule has 1 N–H and O–H groups in total. The zero-order chi connectivity index (χ0) is 9.57. The van der Waals surface area contributed by atoms with Crippen molar-refractivity contribution in [3.8, 4) is 0 Å². The highest BCUT2D eigenvalue weighted by molar-refractivity contribution is 7.48. The summed E-state index contributed by atoms with van der Waals surface area (Å²) in [5.41, 5.74) is 0. The summed E-state index contributed by atoms with van der Waals surface area (Å²) in [5.74, 6) is 0. The Balaban J connectivity index is 2.91. The maximum atomic E-state index is 12.0. The van der Waals surface area contributed by atoms with Gasteiger partial charge in [0.2, 0.25) is 0 Å². The van der Waals surface area contributed by atoms with E-state index in [1.807, 2.05) is 27.7 Å². The molecule has 0 atom stereocenters. The van der Waals surface area contributed by atoms with Crippen molar-refractivity contribution in [2.75, 3.05) is 0 Å². The maximum Gasteiger partial charge on any atom is 0.350 e. The summed E-state index contributed by atoms with van der Waals surface area (Å²) in [5, 5.41) is 9.17. The molecule has 3 heteroatoms. The molecule has 1 aliphatic rings. The second-order valence-corrected chi connectivity index (χ2v) is 7.99. The zero-order valence-electron chi connectivity index (χ0n) is 8.29. The summed E-state index contributed by atoms with van der Waals surface area (Å²) in [7, 11) is -1.21. The van der Waals surface area contributed by atoms with Gasteiger partial charge in [0.15, 0.2) is 10.3 Å². The second-order valence-electron chi connectivity index (χ2n) is 4.98. The van der Waals surface area contributed by atoms with Crippen LogP contribution in [0.5, 0.6) is 0 Å². The number of aliphatic hydroxyl groups is 1. The van der Waals surface area contributed by atoms with Gasteiger partial charge < -0.3 is 5.11 Å². The minimum absolute atomic E-state index is 0.198. The van der Waals surface area contributed by atoms with E-state index < -0.39 is 7.80 Å². The predicted molar refractivity (Wildman–Crippen MR) is 51.0 cm³/mol. The average Bonchev–Trinajstić information content (AvgIpc) is 1.80. The van der Waals surface area contributed by atoms with Crippen LogP contribution in [0.25, 0.3) is 0 Å². The second kappa shape index (κ2) is 2.78. The SMILES string of the molecule is CC1(C)CC(O)CC(C)(C)[P+]1=O. The van der Waals surface area contributed by atoms with Crippen LogP contribution in [0.15, 0.2) is 0 Å². The first kappa shape index (κ1) is 10.1. The zero-order valence-corrected chi connectivity index (χ0v) is 9.19. The topological polar surface area (TPSA) is 37.3 Å². The first-order valence-corrected chi connectivity index (χ1v) is 5.67. The lowest BCUT2D eigenvalue weighted by molar-refractivity contribution is 0.122. The van der Waals surface area contributed by atoms with Gasteiger partial charge in [-0.1, -0.05) is 4.57 Å². The lowest BCUT2D eigenvalue weighted by Gasteiger charge is -2.31. The highest BCUT2D eigenvalue weighted by atomic mass is 31.1. The molecule has 12 heavy (non-hydrogen) atoms. The summed E-state index contributed by atoms with van der Waals surface area (Å²) in [6, 6.07) is 0. The number of aliphatic hydroxyl groups excluding tert-OH is 1. The van der Waals surface area contributed by atoms with Crippen LogP contribution in [-0.4, -0.2) is 21.5 Å².